The van der Waals surface area contributed by atoms with Crippen LogP contribution in [0.3, 0.4) is 0 Å². The highest BCUT2D eigenvalue weighted by Crippen LogP contribution is 2.34. The summed E-state index contributed by atoms with van der Waals surface area (Å²) < 4.78 is 11.0. The van der Waals surface area contributed by atoms with Crippen molar-refractivity contribution in [3.63, 3.8) is 0 Å². The molecule has 2 nitrogen and oxygen atoms in total. The van der Waals surface area contributed by atoms with Crippen LogP contribution in [0, 0.1) is 60.2 Å². The van der Waals surface area contributed by atoms with E-state index >= 15 is 0 Å². The minimum Gasteiger partial charge on any atom is -0.494 e. The molecular formula is C95H206O2. The van der Waals surface area contributed by atoms with Crippen LogP contribution in [0.25, 0.3) is 0 Å². The number of hydrogen-bond donors (Lipinski definition) is 0. The Bertz CT molecular complexity index is 1580. The van der Waals surface area contributed by atoms with Crippen molar-refractivity contribution in [2.75, 3.05) is 13.2 Å². The highest BCUT2D eigenvalue weighted by atomic mass is 16.5. The summed E-state index contributed by atoms with van der Waals surface area (Å²) in [4.78, 5) is 0. The first-order chi connectivity index (χ1) is 42.1. The molecule has 0 N–H and O–H groups in total. The number of rotatable bonds is 29. The minimum absolute atomic E-state index is 0. The van der Waals surface area contributed by atoms with E-state index in [1.165, 1.54) is 184 Å². The van der Waals surface area contributed by atoms with Gasteiger partial charge in [-0.3, -0.25) is 0 Å². The minimum atomic E-state index is 0. The Labute approximate surface area is 627 Å². The van der Waals surface area contributed by atoms with Gasteiger partial charge in [-0.05, 0) is 109 Å². The zero-order valence-electron chi connectivity index (χ0n) is 66.2. The van der Waals surface area contributed by atoms with E-state index in [4.69, 9.17) is 9.47 Å². The summed E-state index contributed by atoms with van der Waals surface area (Å²) in [6, 6.07) is 26.8. The maximum absolute atomic E-state index is 5.55. The Morgan fingerprint density at radius 3 is 0.825 bits per heavy atom. The van der Waals surface area contributed by atoms with Crippen LogP contribution < -0.4 is 9.47 Å². The maximum Gasteiger partial charge on any atom is 0.119 e. The van der Waals surface area contributed by atoms with E-state index in [2.05, 4.69) is 235 Å². The monoisotopic (exact) mass is 1380 g/mol. The van der Waals surface area contributed by atoms with E-state index in [0.717, 1.165) is 79.5 Å². The molecule has 1 aliphatic carbocycles. The molecule has 1 saturated carbocycles. The standard InChI is InChI=1S/C12H18O.C11H16O.C10H20.C9H20.2C8H18.C7H8.C7H16.2C6H14.C2H6.9CH4.H2/c1-3-5-10-13-12-8-6-11(4-2)7-9-12;1-3-4-9-12-11-7-5-10(2)6-8-11;1-3-9-5-7-10(4-2)8-6-9;1-5-9(6-2,7-3)8-4;1-5-8(4,6-2)7-3;1-4-6-8(3)7-5-2;1-7-5-3-2-4-6-7;1-4-7(5-2)6-3;2*1-4-6(3)5-2;1-2;;;;;;;;;;/h6-9H,3-5,10H2,1-2H3;5-8H,3-4,9H2,1-2H3;9-10H,3-8H2,1-2H3;5-8H2,1-4H3;5-7H2,1-4H3;8H,4-7H2,1-3H3;2-6H,1H3;7H,4-6H2,1-3H3;2*6H,4-5H2,1-3H3;1-2H3;9*1H4;1H. The van der Waals surface area contributed by atoms with Gasteiger partial charge in [-0.25, -0.2) is 0 Å². The van der Waals surface area contributed by atoms with Crippen LogP contribution in [0.1, 0.15) is 452 Å². The molecule has 0 unspecified atom stereocenters. The van der Waals surface area contributed by atoms with E-state index in [-0.39, 0.29) is 68.3 Å². The molecule has 0 aromatic heterocycles. The molecular weight excluding hydrogens is 1170 g/mol. The molecule has 2 heteroatoms. The maximum atomic E-state index is 5.55. The molecule has 0 bridgehead atoms. The quantitative estimate of drug-likeness (QED) is 0.0645. The first-order valence-electron chi connectivity index (χ1n) is 38.6. The van der Waals surface area contributed by atoms with Crippen molar-refractivity contribution in [2.45, 2.75) is 454 Å². The van der Waals surface area contributed by atoms with Crippen molar-refractivity contribution in [1.82, 2.24) is 0 Å². The van der Waals surface area contributed by atoms with Gasteiger partial charge in [-0.2, -0.15) is 0 Å². The predicted molar refractivity (Wildman–Crippen MR) is 474 cm³/mol. The van der Waals surface area contributed by atoms with Crippen LogP contribution in [-0.2, 0) is 6.42 Å². The van der Waals surface area contributed by atoms with Gasteiger partial charge >= 0.3 is 0 Å². The van der Waals surface area contributed by atoms with Crippen molar-refractivity contribution in [3.05, 3.63) is 95.6 Å². The van der Waals surface area contributed by atoms with Gasteiger partial charge in [0.25, 0.3) is 0 Å². The van der Waals surface area contributed by atoms with Crippen LogP contribution in [-0.4, -0.2) is 13.2 Å². The lowest BCUT2D eigenvalue weighted by molar-refractivity contribution is 0.240. The number of benzene rings is 3. The molecule has 0 aliphatic heterocycles. The Morgan fingerprint density at radius 1 is 0.371 bits per heavy atom. The normalized spacial score (nSPS) is 11.7. The average molecular weight is 1380 g/mol. The van der Waals surface area contributed by atoms with Gasteiger partial charge in [0, 0.05) is 1.43 Å². The molecule has 1 aliphatic rings. The third kappa shape index (κ3) is 91.2. The third-order valence-electron chi connectivity index (χ3n) is 19.6. The topological polar surface area (TPSA) is 18.5 Å². The van der Waals surface area contributed by atoms with Crippen molar-refractivity contribution in [2.24, 2.45) is 46.3 Å². The van der Waals surface area contributed by atoms with Crippen molar-refractivity contribution in [1.29, 1.82) is 0 Å². The summed E-state index contributed by atoms with van der Waals surface area (Å²) in [6.07, 6.45) is 38.8. The zero-order chi connectivity index (χ0) is 68.9. The molecule has 3 aromatic rings. The van der Waals surface area contributed by atoms with Gasteiger partial charge < -0.3 is 9.47 Å². The largest absolute Gasteiger partial charge is 0.494 e. The summed E-state index contributed by atoms with van der Waals surface area (Å²) >= 11 is 0. The highest BCUT2D eigenvalue weighted by Gasteiger charge is 2.20. The van der Waals surface area contributed by atoms with Crippen LogP contribution in [0.5, 0.6) is 11.5 Å². The smallest absolute Gasteiger partial charge is 0.119 e. The Morgan fingerprint density at radius 2 is 0.660 bits per heavy atom. The van der Waals surface area contributed by atoms with Gasteiger partial charge in [-0.1, -0.05) is 486 Å². The van der Waals surface area contributed by atoms with Crippen molar-refractivity contribution in [3.8, 4) is 11.5 Å². The first-order valence-corrected chi connectivity index (χ1v) is 38.6. The molecule has 0 atom stereocenters. The molecule has 0 amide bonds. The van der Waals surface area contributed by atoms with Gasteiger partial charge in [0.1, 0.15) is 11.5 Å². The lowest BCUT2D eigenvalue weighted by Crippen LogP contribution is -2.15. The van der Waals surface area contributed by atoms with Crippen molar-refractivity contribution < 1.29 is 10.9 Å². The highest BCUT2D eigenvalue weighted by molar-refractivity contribution is 5.27. The lowest BCUT2D eigenvalue weighted by atomic mass is 9.78. The molecule has 97 heavy (non-hydrogen) atoms. The van der Waals surface area contributed by atoms with E-state index in [0.29, 0.717) is 10.8 Å². The van der Waals surface area contributed by atoms with Crippen LogP contribution in [0.15, 0.2) is 78.9 Å². The lowest BCUT2D eigenvalue weighted by Gasteiger charge is -2.28. The van der Waals surface area contributed by atoms with Gasteiger partial charge in [0.2, 0.25) is 0 Å². The van der Waals surface area contributed by atoms with Crippen LogP contribution >= 0.6 is 0 Å². The van der Waals surface area contributed by atoms with E-state index < -0.39 is 0 Å². The second-order valence-electron chi connectivity index (χ2n) is 26.0. The van der Waals surface area contributed by atoms with Gasteiger partial charge in [0.15, 0.2) is 0 Å². The van der Waals surface area contributed by atoms with E-state index in [9.17, 15) is 0 Å². The molecule has 1 fully saturated rings. The fourth-order valence-electron chi connectivity index (χ4n) is 9.53. The number of aryl methyl sites for hydroxylation is 3. The molecule has 0 radical (unpaired) electrons. The second kappa shape index (κ2) is 102. The summed E-state index contributed by atoms with van der Waals surface area (Å²) in [7, 11) is 0. The molecule has 0 spiro atoms. The number of unbranched alkanes of at least 4 members (excludes halogenated alkanes) is 2. The fourth-order valence-corrected chi connectivity index (χ4v) is 9.53. The number of ether oxygens (including phenoxy) is 2. The Hall–Kier alpha value is -2.74. The summed E-state index contributed by atoms with van der Waals surface area (Å²) in [6.45, 7) is 66.5. The van der Waals surface area contributed by atoms with E-state index in [1.54, 1.807) is 0 Å². The molecule has 4 rings (SSSR count). The van der Waals surface area contributed by atoms with Crippen LogP contribution in [0.2, 0.25) is 0 Å². The number of hydrogen-bond acceptors (Lipinski definition) is 2. The average Bonchev–Trinajstić information content (AvgIpc) is 1.41. The molecule has 0 heterocycles. The molecule has 0 saturated heterocycles. The van der Waals surface area contributed by atoms with Gasteiger partial charge in [0.05, 0.1) is 13.2 Å². The molecule has 598 valence electrons. The summed E-state index contributed by atoms with van der Waals surface area (Å²) in [5.41, 5.74) is 5.25. The van der Waals surface area contributed by atoms with Crippen LogP contribution in [0.4, 0.5) is 0 Å². The summed E-state index contributed by atoms with van der Waals surface area (Å²) in [5, 5.41) is 0. The second-order valence-corrected chi connectivity index (χ2v) is 26.0. The molecule has 3 aromatic carbocycles. The summed E-state index contributed by atoms with van der Waals surface area (Å²) in [5.74, 6) is 7.94. The first kappa shape index (κ1) is 134. The fraction of sp³-hybridized carbons (Fsp3) is 0.811. The SMILES string of the molecule is C.C.C.C.C.C.C.C.C.CC.CCC(C)(CC)CC.CCC(C)CC.CCC(C)CC.CCC(CC)(CC)CC.CCC(CC)CC.CCC1CCC(CC)CC1.CCCC(C)CCC.CCCCOc1ccc(C)cc1.CCCCOc1ccc(CC)cc1.Cc1ccccc1.[HH]. The Kier molecular flexibility index (Phi) is 141. The van der Waals surface area contributed by atoms with Crippen molar-refractivity contribution >= 4 is 0 Å². The Balaban J connectivity index is -0.0000000493. The zero-order valence-corrected chi connectivity index (χ0v) is 66.2. The predicted octanol–water partition coefficient (Wildman–Crippen LogP) is 37.0. The van der Waals surface area contributed by atoms with E-state index in [1.807, 2.05) is 44.2 Å². The van der Waals surface area contributed by atoms with Gasteiger partial charge in [-0.15, -0.1) is 0 Å². The third-order valence-corrected chi connectivity index (χ3v) is 19.6.